The molecule has 0 bridgehead atoms. The number of hydrogen-bond donors (Lipinski definition) is 0. The quantitative estimate of drug-likeness (QED) is 0.327. The van der Waals surface area contributed by atoms with Gasteiger partial charge in [0.1, 0.15) is 18.1 Å². The van der Waals surface area contributed by atoms with E-state index in [9.17, 15) is 9.18 Å². The van der Waals surface area contributed by atoms with Gasteiger partial charge in [-0.15, -0.1) is 0 Å². The Hall–Kier alpha value is -3.34. The van der Waals surface area contributed by atoms with Crippen LogP contribution in [0, 0.1) is 5.82 Å². The molecule has 0 spiro atoms. The van der Waals surface area contributed by atoms with Crippen LogP contribution in [-0.2, 0) is 22.6 Å². The van der Waals surface area contributed by atoms with Crippen molar-refractivity contribution < 1.29 is 23.4 Å². The molecule has 0 aromatic heterocycles. The molecule has 0 aliphatic carbocycles. The van der Waals surface area contributed by atoms with E-state index in [1.165, 1.54) is 11.6 Å². The number of ether oxygens (including phenoxy) is 3. The van der Waals surface area contributed by atoms with Gasteiger partial charge in [0.2, 0.25) is 0 Å². The zero-order valence-corrected chi connectivity index (χ0v) is 18.8. The summed E-state index contributed by atoms with van der Waals surface area (Å²) >= 11 is 0. The van der Waals surface area contributed by atoms with Crippen molar-refractivity contribution in [2.75, 3.05) is 6.61 Å². The molecule has 0 heterocycles. The van der Waals surface area contributed by atoms with E-state index in [0.29, 0.717) is 24.7 Å². The van der Waals surface area contributed by atoms with E-state index < -0.39 is 5.82 Å². The van der Waals surface area contributed by atoms with Gasteiger partial charge < -0.3 is 14.2 Å². The van der Waals surface area contributed by atoms with Crippen molar-refractivity contribution in [1.82, 2.24) is 0 Å². The molecule has 0 unspecified atom stereocenters. The smallest absolute Gasteiger partial charge is 0.306 e. The third-order valence-electron chi connectivity index (χ3n) is 4.99. The largest absolute Gasteiger partial charge is 0.486 e. The summed E-state index contributed by atoms with van der Waals surface area (Å²) in [4.78, 5) is 11.5. The third-order valence-corrected chi connectivity index (χ3v) is 4.99. The lowest BCUT2D eigenvalue weighted by Gasteiger charge is -2.11. The van der Waals surface area contributed by atoms with E-state index in [1.54, 1.807) is 19.1 Å². The Bertz CT molecular complexity index is 1030. The van der Waals surface area contributed by atoms with Gasteiger partial charge in [-0.1, -0.05) is 44.2 Å². The Balaban J connectivity index is 1.57. The van der Waals surface area contributed by atoms with Gasteiger partial charge in [-0.2, -0.15) is 0 Å². The number of carbonyl (C=O) groups is 1. The van der Waals surface area contributed by atoms with Gasteiger partial charge in [0.05, 0.1) is 6.61 Å². The number of carbonyl (C=O) groups excluding carboxylic acids is 1. The summed E-state index contributed by atoms with van der Waals surface area (Å²) in [5.74, 6) is 1.35. The standard InChI is InChI=1S/C27H29FO4/c1-4-30-27(29)15-9-20-8-14-26(25(28)17-20)31-18-21-6-5-7-24(16-21)32-23-12-10-22(11-13-23)19(2)3/h5-8,10-14,16-17,19H,4,9,15,18H2,1-3H3. The second kappa shape index (κ2) is 11.3. The van der Waals surface area contributed by atoms with E-state index in [4.69, 9.17) is 14.2 Å². The van der Waals surface area contributed by atoms with Crippen LogP contribution in [0.2, 0.25) is 0 Å². The highest BCUT2D eigenvalue weighted by molar-refractivity contribution is 5.69. The molecule has 3 aromatic carbocycles. The summed E-state index contributed by atoms with van der Waals surface area (Å²) in [7, 11) is 0. The molecule has 32 heavy (non-hydrogen) atoms. The zero-order valence-electron chi connectivity index (χ0n) is 18.8. The summed E-state index contributed by atoms with van der Waals surface area (Å²) in [6, 6.07) is 20.3. The molecule has 5 heteroatoms. The second-order valence-electron chi connectivity index (χ2n) is 7.83. The first-order valence-corrected chi connectivity index (χ1v) is 10.9. The fourth-order valence-electron chi connectivity index (χ4n) is 3.21. The average Bonchev–Trinajstić information content (AvgIpc) is 2.78. The number of rotatable bonds is 10. The van der Waals surface area contributed by atoms with Gasteiger partial charge in [0, 0.05) is 6.42 Å². The Labute approximate surface area is 188 Å². The van der Waals surface area contributed by atoms with Crippen LogP contribution >= 0.6 is 0 Å². The van der Waals surface area contributed by atoms with Crippen LogP contribution in [0.25, 0.3) is 0 Å². The maximum atomic E-state index is 14.4. The normalized spacial score (nSPS) is 10.8. The van der Waals surface area contributed by atoms with Gasteiger partial charge >= 0.3 is 5.97 Å². The molecule has 0 fully saturated rings. The Morgan fingerprint density at radius 2 is 1.72 bits per heavy atom. The van der Waals surface area contributed by atoms with Crippen molar-refractivity contribution in [2.24, 2.45) is 0 Å². The zero-order chi connectivity index (χ0) is 22.9. The molecule has 0 aliphatic heterocycles. The lowest BCUT2D eigenvalue weighted by molar-refractivity contribution is -0.143. The molecule has 0 radical (unpaired) electrons. The minimum Gasteiger partial charge on any atom is -0.486 e. The van der Waals surface area contributed by atoms with Crippen molar-refractivity contribution in [1.29, 1.82) is 0 Å². The van der Waals surface area contributed by atoms with Crippen molar-refractivity contribution in [3.8, 4) is 17.2 Å². The summed E-state index contributed by atoms with van der Waals surface area (Å²) in [5.41, 5.74) is 2.85. The predicted octanol–water partition coefficient (Wildman–Crippen LogP) is 6.82. The molecule has 3 aromatic rings. The Kier molecular flexibility index (Phi) is 8.26. The van der Waals surface area contributed by atoms with Crippen molar-refractivity contribution in [2.45, 2.75) is 46.1 Å². The molecule has 168 valence electrons. The number of esters is 1. The molecule has 0 saturated heterocycles. The van der Waals surface area contributed by atoms with Gasteiger partial charge in [0.15, 0.2) is 11.6 Å². The van der Waals surface area contributed by atoms with Gasteiger partial charge in [-0.3, -0.25) is 4.79 Å². The summed E-state index contributed by atoms with van der Waals surface area (Å²) in [6.07, 6.45) is 0.647. The summed E-state index contributed by atoms with van der Waals surface area (Å²) < 4.78 is 30.9. The van der Waals surface area contributed by atoms with Crippen LogP contribution in [-0.4, -0.2) is 12.6 Å². The van der Waals surface area contributed by atoms with Crippen molar-refractivity contribution in [3.05, 3.63) is 89.2 Å². The monoisotopic (exact) mass is 436 g/mol. The summed E-state index contributed by atoms with van der Waals surface area (Å²) in [5, 5.41) is 0. The minimum absolute atomic E-state index is 0.167. The fourth-order valence-corrected chi connectivity index (χ4v) is 3.21. The molecule has 0 amide bonds. The van der Waals surface area contributed by atoms with E-state index in [-0.39, 0.29) is 24.7 Å². The molecular formula is C27H29FO4. The van der Waals surface area contributed by atoms with Gasteiger partial charge in [-0.05, 0) is 72.4 Å². The van der Waals surface area contributed by atoms with Crippen LogP contribution < -0.4 is 9.47 Å². The topological polar surface area (TPSA) is 44.8 Å². The van der Waals surface area contributed by atoms with Gasteiger partial charge in [0.25, 0.3) is 0 Å². The van der Waals surface area contributed by atoms with E-state index in [2.05, 4.69) is 26.0 Å². The van der Waals surface area contributed by atoms with Crippen molar-refractivity contribution >= 4 is 5.97 Å². The first-order valence-electron chi connectivity index (χ1n) is 10.9. The molecule has 0 atom stereocenters. The number of halogens is 1. The maximum absolute atomic E-state index is 14.4. The van der Waals surface area contributed by atoms with Crippen LogP contribution in [0.1, 0.15) is 49.8 Å². The highest BCUT2D eigenvalue weighted by Crippen LogP contribution is 2.26. The Morgan fingerprint density at radius 1 is 0.938 bits per heavy atom. The second-order valence-corrected chi connectivity index (χ2v) is 7.83. The predicted molar refractivity (Wildman–Crippen MR) is 123 cm³/mol. The van der Waals surface area contributed by atoms with Crippen molar-refractivity contribution in [3.63, 3.8) is 0 Å². The van der Waals surface area contributed by atoms with E-state index >= 15 is 0 Å². The molecule has 0 N–H and O–H groups in total. The molecular weight excluding hydrogens is 407 g/mol. The number of hydrogen-bond acceptors (Lipinski definition) is 4. The third kappa shape index (κ3) is 6.84. The molecule has 0 aliphatic rings. The number of benzene rings is 3. The first-order chi connectivity index (χ1) is 15.4. The maximum Gasteiger partial charge on any atom is 0.306 e. The van der Waals surface area contributed by atoms with Crippen LogP contribution in [0.4, 0.5) is 4.39 Å². The molecule has 4 nitrogen and oxygen atoms in total. The number of aryl methyl sites for hydroxylation is 1. The average molecular weight is 437 g/mol. The van der Waals surface area contributed by atoms with Crippen LogP contribution in [0.15, 0.2) is 66.7 Å². The molecule has 0 saturated carbocycles. The highest BCUT2D eigenvalue weighted by atomic mass is 19.1. The summed E-state index contributed by atoms with van der Waals surface area (Å²) in [6.45, 7) is 6.62. The first kappa shape index (κ1) is 23.3. The molecule has 3 rings (SSSR count). The van der Waals surface area contributed by atoms with Crippen LogP contribution in [0.3, 0.4) is 0 Å². The van der Waals surface area contributed by atoms with E-state index in [1.807, 2.05) is 36.4 Å². The Morgan fingerprint density at radius 3 is 2.41 bits per heavy atom. The van der Waals surface area contributed by atoms with E-state index in [0.717, 1.165) is 16.9 Å². The van der Waals surface area contributed by atoms with Gasteiger partial charge in [-0.25, -0.2) is 4.39 Å². The highest BCUT2D eigenvalue weighted by Gasteiger charge is 2.09. The fraction of sp³-hybridized carbons (Fsp3) is 0.296. The minimum atomic E-state index is -0.455. The van der Waals surface area contributed by atoms with Crippen LogP contribution in [0.5, 0.6) is 17.2 Å². The lowest BCUT2D eigenvalue weighted by Crippen LogP contribution is -2.05. The lowest BCUT2D eigenvalue weighted by atomic mass is 10.0. The SMILES string of the molecule is CCOC(=O)CCc1ccc(OCc2cccc(Oc3ccc(C(C)C)cc3)c2)c(F)c1.